The number of para-hydroxylation sites is 1. The van der Waals surface area contributed by atoms with Crippen LogP contribution in [0.3, 0.4) is 0 Å². The first-order valence-corrected chi connectivity index (χ1v) is 9.61. The van der Waals surface area contributed by atoms with Gasteiger partial charge in [-0.2, -0.15) is 5.10 Å². The summed E-state index contributed by atoms with van der Waals surface area (Å²) in [5, 5.41) is 3.97. The normalized spacial score (nSPS) is 13.2. The number of hydrazone groups is 1. The molecule has 2 aliphatic rings. The van der Waals surface area contributed by atoms with Gasteiger partial charge in [-0.15, -0.1) is 0 Å². The standard InChI is InChI=1S/C23H16N2O7/c26-22(14-5-7-18-20(9-14)30-12-28-18)25-24-11-16-3-1-2-4-17(16)32-23(27)15-6-8-19-21(10-15)31-13-29-19/h1-11H,12-13H2,(H,25,26)/b24-11-. The fraction of sp³-hybridized carbons (Fsp3) is 0.0870. The molecule has 0 saturated heterocycles. The van der Waals surface area contributed by atoms with Crippen LogP contribution in [0.4, 0.5) is 0 Å². The van der Waals surface area contributed by atoms with Gasteiger partial charge in [0.25, 0.3) is 5.91 Å². The largest absolute Gasteiger partial charge is 0.454 e. The number of carbonyl (C=O) groups is 2. The minimum atomic E-state index is -0.562. The van der Waals surface area contributed by atoms with Crippen LogP contribution in [0.2, 0.25) is 0 Å². The van der Waals surface area contributed by atoms with Crippen LogP contribution in [0.25, 0.3) is 0 Å². The van der Waals surface area contributed by atoms with Crippen LogP contribution in [-0.4, -0.2) is 31.7 Å². The fourth-order valence-electron chi connectivity index (χ4n) is 3.13. The highest BCUT2D eigenvalue weighted by Crippen LogP contribution is 2.33. The van der Waals surface area contributed by atoms with Gasteiger partial charge in [-0.3, -0.25) is 4.79 Å². The molecule has 160 valence electrons. The van der Waals surface area contributed by atoms with Crippen molar-refractivity contribution in [2.24, 2.45) is 5.10 Å². The molecule has 1 amide bonds. The maximum absolute atomic E-state index is 12.6. The third-order valence-electron chi connectivity index (χ3n) is 4.73. The Kier molecular flexibility index (Phi) is 5.04. The van der Waals surface area contributed by atoms with Crippen molar-refractivity contribution in [3.63, 3.8) is 0 Å². The zero-order valence-electron chi connectivity index (χ0n) is 16.6. The topological polar surface area (TPSA) is 105 Å². The SMILES string of the molecule is O=C(N/N=C\c1ccccc1OC(=O)c1ccc2c(c1)OCO2)c1ccc2c(c1)OCO2. The van der Waals surface area contributed by atoms with Crippen molar-refractivity contribution in [3.8, 4) is 28.7 Å². The Morgan fingerprint density at radius 2 is 1.44 bits per heavy atom. The van der Waals surface area contributed by atoms with Gasteiger partial charge in [0.1, 0.15) is 5.75 Å². The van der Waals surface area contributed by atoms with E-state index in [0.29, 0.717) is 39.7 Å². The van der Waals surface area contributed by atoms with E-state index in [1.54, 1.807) is 60.7 Å². The highest BCUT2D eigenvalue weighted by Gasteiger charge is 2.18. The minimum absolute atomic E-state index is 0.116. The number of rotatable bonds is 5. The molecule has 3 aromatic rings. The average molecular weight is 432 g/mol. The summed E-state index contributed by atoms with van der Waals surface area (Å²) in [7, 11) is 0. The van der Waals surface area contributed by atoms with Gasteiger partial charge in [-0.1, -0.05) is 12.1 Å². The highest BCUT2D eigenvalue weighted by molar-refractivity contribution is 5.96. The molecule has 5 rings (SSSR count). The Balaban J connectivity index is 1.26. The molecule has 9 heteroatoms. The molecule has 0 aliphatic carbocycles. The van der Waals surface area contributed by atoms with Crippen molar-refractivity contribution in [1.82, 2.24) is 5.43 Å². The average Bonchev–Trinajstić information content (AvgIpc) is 3.48. The van der Waals surface area contributed by atoms with Gasteiger partial charge in [-0.25, -0.2) is 10.2 Å². The van der Waals surface area contributed by atoms with E-state index < -0.39 is 11.9 Å². The van der Waals surface area contributed by atoms with Crippen molar-refractivity contribution in [3.05, 3.63) is 77.4 Å². The Hall–Kier alpha value is -4.53. The third kappa shape index (κ3) is 3.91. The molecule has 0 fully saturated rings. The molecule has 0 bridgehead atoms. The van der Waals surface area contributed by atoms with Crippen molar-refractivity contribution >= 4 is 18.1 Å². The van der Waals surface area contributed by atoms with Crippen molar-refractivity contribution in [1.29, 1.82) is 0 Å². The quantitative estimate of drug-likeness (QED) is 0.286. The minimum Gasteiger partial charge on any atom is -0.454 e. The second kappa shape index (κ2) is 8.31. The van der Waals surface area contributed by atoms with Crippen molar-refractivity contribution in [2.75, 3.05) is 13.6 Å². The molecule has 9 nitrogen and oxygen atoms in total. The van der Waals surface area contributed by atoms with Crippen molar-refractivity contribution in [2.45, 2.75) is 0 Å². The Bertz CT molecular complexity index is 1240. The van der Waals surface area contributed by atoms with E-state index in [4.69, 9.17) is 23.7 Å². The highest BCUT2D eigenvalue weighted by atomic mass is 16.7. The molecule has 0 saturated carbocycles. The van der Waals surface area contributed by atoms with Crippen LogP contribution in [0.5, 0.6) is 28.7 Å². The van der Waals surface area contributed by atoms with E-state index in [0.717, 1.165) is 0 Å². The molecule has 0 radical (unpaired) electrons. The van der Waals surface area contributed by atoms with Crippen LogP contribution in [-0.2, 0) is 0 Å². The smallest absolute Gasteiger partial charge is 0.343 e. The monoisotopic (exact) mass is 432 g/mol. The molecule has 1 N–H and O–H groups in total. The second-order valence-corrected chi connectivity index (χ2v) is 6.76. The lowest BCUT2D eigenvalue weighted by atomic mass is 10.2. The predicted molar refractivity (Wildman–Crippen MR) is 112 cm³/mol. The van der Waals surface area contributed by atoms with Gasteiger partial charge in [0.2, 0.25) is 13.6 Å². The Morgan fingerprint density at radius 1 is 0.812 bits per heavy atom. The molecule has 3 aromatic carbocycles. The van der Waals surface area contributed by atoms with E-state index in [1.807, 2.05) is 0 Å². The summed E-state index contributed by atoms with van der Waals surface area (Å²) in [5.41, 5.74) is 3.64. The van der Waals surface area contributed by atoms with Crippen molar-refractivity contribution < 1.29 is 33.3 Å². The van der Waals surface area contributed by atoms with Gasteiger partial charge in [0.15, 0.2) is 23.0 Å². The molecule has 0 unspecified atom stereocenters. The summed E-state index contributed by atoms with van der Waals surface area (Å²) in [4.78, 5) is 24.9. The summed E-state index contributed by atoms with van der Waals surface area (Å²) in [6.45, 7) is 0.241. The number of hydrogen-bond donors (Lipinski definition) is 1. The summed E-state index contributed by atoms with van der Waals surface area (Å²) < 4.78 is 26.6. The lowest BCUT2D eigenvalue weighted by molar-refractivity contribution is 0.0733. The zero-order chi connectivity index (χ0) is 21.9. The molecule has 0 atom stereocenters. The first-order valence-electron chi connectivity index (χ1n) is 9.61. The van der Waals surface area contributed by atoms with E-state index in [-0.39, 0.29) is 19.3 Å². The number of carbonyl (C=O) groups excluding carboxylic acids is 2. The van der Waals surface area contributed by atoms with E-state index >= 15 is 0 Å². The number of amides is 1. The number of benzene rings is 3. The van der Waals surface area contributed by atoms with E-state index in [1.165, 1.54) is 6.21 Å². The summed E-state index contributed by atoms with van der Waals surface area (Å²) in [6.07, 6.45) is 1.40. The first-order chi connectivity index (χ1) is 15.7. The molecule has 32 heavy (non-hydrogen) atoms. The van der Waals surface area contributed by atoms with E-state index in [2.05, 4.69) is 10.5 Å². The fourth-order valence-corrected chi connectivity index (χ4v) is 3.13. The molecule has 2 heterocycles. The van der Waals surface area contributed by atoms with Crippen LogP contribution in [0, 0.1) is 0 Å². The predicted octanol–water partition coefficient (Wildman–Crippen LogP) is 3.13. The van der Waals surface area contributed by atoms with Gasteiger partial charge >= 0.3 is 5.97 Å². The lowest BCUT2D eigenvalue weighted by Gasteiger charge is -2.08. The number of esters is 1. The van der Waals surface area contributed by atoms with Gasteiger partial charge in [0, 0.05) is 11.1 Å². The number of nitrogens with zero attached hydrogens (tertiary/aromatic N) is 1. The van der Waals surface area contributed by atoms with Crippen LogP contribution in [0.1, 0.15) is 26.3 Å². The number of ether oxygens (including phenoxy) is 5. The van der Waals surface area contributed by atoms with Crippen LogP contribution in [0.15, 0.2) is 65.8 Å². The molecular weight excluding hydrogens is 416 g/mol. The molecular formula is C23H16N2O7. The zero-order valence-corrected chi connectivity index (χ0v) is 16.6. The lowest BCUT2D eigenvalue weighted by Crippen LogP contribution is -2.17. The summed E-state index contributed by atoms with van der Waals surface area (Å²) in [6, 6.07) is 16.5. The van der Waals surface area contributed by atoms with Crippen LogP contribution >= 0.6 is 0 Å². The summed E-state index contributed by atoms with van der Waals surface area (Å²) >= 11 is 0. The van der Waals surface area contributed by atoms with E-state index in [9.17, 15) is 9.59 Å². The molecule has 2 aliphatic heterocycles. The number of nitrogens with one attached hydrogen (secondary N) is 1. The third-order valence-corrected chi connectivity index (χ3v) is 4.73. The number of fused-ring (bicyclic) bond motifs is 2. The Morgan fingerprint density at radius 3 is 2.19 bits per heavy atom. The Labute approximate surface area is 182 Å². The number of hydrogen-bond acceptors (Lipinski definition) is 8. The maximum atomic E-state index is 12.6. The van der Waals surface area contributed by atoms with Crippen LogP contribution < -0.4 is 29.1 Å². The second-order valence-electron chi connectivity index (χ2n) is 6.76. The summed E-state index contributed by atoms with van der Waals surface area (Å²) in [5.74, 6) is 1.46. The van der Waals surface area contributed by atoms with Gasteiger partial charge in [-0.05, 0) is 48.5 Å². The maximum Gasteiger partial charge on any atom is 0.343 e. The molecule has 0 aromatic heterocycles. The van der Waals surface area contributed by atoms with Gasteiger partial charge < -0.3 is 23.7 Å². The molecule has 0 spiro atoms. The van der Waals surface area contributed by atoms with Gasteiger partial charge in [0.05, 0.1) is 11.8 Å². The first kappa shape index (κ1) is 19.4.